The molecule has 5 nitrogen and oxygen atoms in total. The lowest BCUT2D eigenvalue weighted by molar-refractivity contribution is -0.124. The highest BCUT2D eigenvalue weighted by Gasteiger charge is 2.29. The molecule has 1 aliphatic rings. The van der Waals surface area contributed by atoms with E-state index in [1.54, 1.807) is 19.1 Å². The number of benzene rings is 1. The van der Waals surface area contributed by atoms with Gasteiger partial charge in [-0.1, -0.05) is 11.6 Å². The highest BCUT2D eigenvalue weighted by atomic mass is 35.5. The summed E-state index contributed by atoms with van der Waals surface area (Å²) in [5.41, 5.74) is 0.674. The van der Waals surface area contributed by atoms with Crippen molar-refractivity contribution in [1.29, 1.82) is 0 Å². The second-order valence-electron chi connectivity index (χ2n) is 4.59. The van der Waals surface area contributed by atoms with Crippen molar-refractivity contribution in [2.75, 3.05) is 11.9 Å². The molecule has 3 N–H and O–H groups in total. The zero-order chi connectivity index (χ0) is 14.7. The van der Waals surface area contributed by atoms with Crippen LogP contribution < -0.4 is 10.6 Å². The maximum absolute atomic E-state index is 12.0. The number of nitrogens with one attached hydrogen (secondary N) is 2. The normalized spacial score (nSPS) is 18.9. The van der Waals surface area contributed by atoms with Crippen LogP contribution in [-0.2, 0) is 9.59 Å². The second-order valence-corrected chi connectivity index (χ2v) is 6.27. The summed E-state index contributed by atoms with van der Waals surface area (Å²) in [6.45, 7) is 1.57. The van der Waals surface area contributed by atoms with E-state index in [0.29, 0.717) is 10.7 Å². The minimum atomic E-state index is -0.477. The van der Waals surface area contributed by atoms with Gasteiger partial charge in [0.2, 0.25) is 11.8 Å². The summed E-state index contributed by atoms with van der Waals surface area (Å²) < 4.78 is 0. The molecule has 2 amide bonds. The highest BCUT2D eigenvalue weighted by Crippen LogP contribution is 2.38. The van der Waals surface area contributed by atoms with E-state index in [9.17, 15) is 9.59 Å². The fourth-order valence-electron chi connectivity index (χ4n) is 1.80. The molecule has 0 saturated carbocycles. The van der Waals surface area contributed by atoms with Gasteiger partial charge in [-0.3, -0.25) is 9.59 Å². The van der Waals surface area contributed by atoms with Crippen LogP contribution in [-0.4, -0.2) is 34.8 Å². The molecule has 2 atom stereocenters. The molecule has 108 valence electrons. The van der Waals surface area contributed by atoms with Crippen molar-refractivity contribution >= 4 is 40.9 Å². The van der Waals surface area contributed by atoms with Crippen molar-refractivity contribution in [3.05, 3.63) is 23.2 Å². The minimum absolute atomic E-state index is 0.0723. The molecule has 0 fully saturated rings. The monoisotopic (exact) mass is 314 g/mol. The van der Waals surface area contributed by atoms with Crippen molar-refractivity contribution in [3.63, 3.8) is 0 Å². The van der Waals surface area contributed by atoms with Gasteiger partial charge in [0, 0.05) is 22.4 Å². The number of aliphatic hydroxyl groups excluding tert-OH is 1. The van der Waals surface area contributed by atoms with Crippen LogP contribution in [0.3, 0.4) is 0 Å². The van der Waals surface area contributed by atoms with Gasteiger partial charge in [0.1, 0.15) is 0 Å². The van der Waals surface area contributed by atoms with Crippen LogP contribution >= 0.6 is 23.4 Å². The van der Waals surface area contributed by atoms with Crippen molar-refractivity contribution in [2.45, 2.75) is 29.5 Å². The molecule has 7 heteroatoms. The first kappa shape index (κ1) is 15.2. The Morgan fingerprint density at radius 1 is 1.60 bits per heavy atom. The number of rotatable bonds is 4. The first-order chi connectivity index (χ1) is 9.49. The van der Waals surface area contributed by atoms with Crippen molar-refractivity contribution in [1.82, 2.24) is 5.32 Å². The molecule has 0 aromatic heterocycles. The summed E-state index contributed by atoms with van der Waals surface area (Å²) in [6.07, 6.45) is 0.0723. The van der Waals surface area contributed by atoms with Crippen LogP contribution in [0.15, 0.2) is 23.1 Å². The summed E-state index contributed by atoms with van der Waals surface area (Å²) in [4.78, 5) is 24.6. The van der Waals surface area contributed by atoms with Crippen LogP contribution in [0, 0.1) is 0 Å². The fourth-order valence-corrected chi connectivity index (χ4v) is 3.07. The minimum Gasteiger partial charge on any atom is -0.394 e. The third kappa shape index (κ3) is 3.65. The number of amides is 2. The Morgan fingerprint density at radius 3 is 3.05 bits per heavy atom. The summed E-state index contributed by atoms with van der Waals surface area (Å²) in [5.74, 6) is -0.465. The van der Waals surface area contributed by atoms with E-state index < -0.39 is 5.25 Å². The van der Waals surface area contributed by atoms with Crippen LogP contribution in [0.2, 0.25) is 5.02 Å². The second kappa shape index (κ2) is 6.47. The lowest BCUT2D eigenvalue weighted by atomic mass is 10.2. The predicted octanol–water partition coefficient (Wildman–Crippen LogP) is 1.64. The lowest BCUT2D eigenvalue weighted by Gasteiger charge is -2.24. The van der Waals surface area contributed by atoms with Gasteiger partial charge < -0.3 is 15.7 Å². The Balaban J connectivity index is 2.02. The topological polar surface area (TPSA) is 78.4 Å². The maximum atomic E-state index is 12.0. The van der Waals surface area contributed by atoms with E-state index in [2.05, 4.69) is 10.6 Å². The number of hydrogen-bond acceptors (Lipinski definition) is 4. The standard InChI is InChI=1S/C13H15ClN2O3S/c1-7(6-17)15-12(18)5-11-13(19)16-9-4-8(14)2-3-10(9)20-11/h2-4,7,11,17H,5-6H2,1H3,(H,15,18)(H,16,19). The van der Waals surface area contributed by atoms with Crippen LogP contribution in [0.4, 0.5) is 5.69 Å². The van der Waals surface area contributed by atoms with E-state index in [1.165, 1.54) is 11.8 Å². The first-order valence-electron chi connectivity index (χ1n) is 6.17. The van der Waals surface area contributed by atoms with Gasteiger partial charge in [-0.25, -0.2) is 0 Å². The number of carbonyl (C=O) groups is 2. The number of halogens is 1. The van der Waals surface area contributed by atoms with Gasteiger partial charge >= 0.3 is 0 Å². The van der Waals surface area contributed by atoms with Gasteiger partial charge in [0.15, 0.2) is 0 Å². The average molecular weight is 315 g/mol. The van der Waals surface area contributed by atoms with Crippen molar-refractivity contribution < 1.29 is 14.7 Å². The Morgan fingerprint density at radius 2 is 2.35 bits per heavy atom. The summed E-state index contributed by atoms with van der Waals surface area (Å²) in [7, 11) is 0. The summed E-state index contributed by atoms with van der Waals surface area (Å²) in [5, 5.41) is 14.3. The van der Waals surface area contributed by atoms with Crippen LogP contribution in [0.5, 0.6) is 0 Å². The van der Waals surface area contributed by atoms with E-state index in [-0.39, 0.29) is 30.9 Å². The number of hydrogen-bond donors (Lipinski definition) is 3. The van der Waals surface area contributed by atoms with Gasteiger partial charge in [0.05, 0.1) is 17.5 Å². The van der Waals surface area contributed by atoms with E-state index >= 15 is 0 Å². The first-order valence-corrected chi connectivity index (χ1v) is 7.42. The molecule has 2 rings (SSSR count). The third-order valence-electron chi connectivity index (χ3n) is 2.81. The van der Waals surface area contributed by atoms with Crippen molar-refractivity contribution in [2.24, 2.45) is 0 Å². The lowest BCUT2D eigenvalue weighted by Crippen LogP contribution is -2.39. The molecule has 0 spiro atoms. The fraction of sp³-hybridized carbons (Fsp3) is 0.385. The number of carbonyl (C=O) groups excluding carboxylic acids is 2. The molecule has 1 heterocycles. The van der Waals surface area contributed by atoms with Gasteiger partial charge in [-0.15, -0.1) is 11.8 Å². The molecule has 0 radical (unpaired) electrons. The molecule has 0 saturated heterocycles. The molecular weight excluding hydrogens is 300 g/mol. The van der Waals surface area contributed by atoms with E-state index in [0.717, 1.165) is 4.90 Å². The van der Waals surface area contributed by atoms with Gasteiger partial charge in [0.25, 0.3) is 0 Å². The Kier molecular flexibility index (Phi) is 4.91. The quantitative estimate of drug-likeness (QED) is 0.789. The average Bonchev–Trinajstić information content (AvgIpc) is 2.39. The molecule has 0 bridgehead atoms. The molecule has 0 aliphatic carbocycles. The van der Waals surface area contributed by atoms with Crippen LogP contribution in [0.1, 0.15) is 13.3 Å². The number of anilines is 1. The highest BCUT2D eigenvalue weighted by molar-refractivity contribution is 8.01. The van der Waals surface area contributed by atoms with E-state index in [1.807, 2.05) is 6.07 Å². The Hall–Kier alpha value is -1.24. The molecule has 20 heavy (non-hydrogen) atoms. The summed E-state index contributed by atoms with van der Waals surface area (Å²) in [6, 6.07) is 4.94. The predicted molar refractivity (Wildman–Crippen MR) is 79.0 cm³/mol. The molecular formula is C13H15ClN2O3S. The Bertz CT molecular complexity index is 538. The van der Waals surface area contributed by atoms with Crippen molar-refractivity contribution in [3.8, 4) is 0 Å². The number of fused-ring (bicyclic) bond motifs is 1. The molecule has 1 aliphatic heterocycles. The largest absolute Gasteiger partial charge is 0.394 e. The smallest absolute Gasteiger partial charge is 0.238 e. The molecule has 2 unspecified atom stereocenters. The third-order valence-corrected chi connectivity index (χ3v) is 4.32. The van der Waals surface area contributed by atoms with E-state index in [4.69, 9.17) is 16.7 Å². The molecule has 1 aromatic rings. The summed E-state index contributed by atoms with van der Waals surface area (Å²) >= 11 is 7.21. The van der Waals surface area contributed by atoms with Gasteiger partial charge in [-0.05, 0) is 25.1 Å². The Labute approximate surface area is 126 Å². The zero-order valence-corrected chi connectivity index (χ0v) is 12.4. The van der Waals surface area contributed by atoms with Gasteiger partial charge in [-0.2, -0.15) is 0 Å². The van der Waals surface area contributed by atoms with Crippen LogP contribution in [0.25, 0.3) is 0 Å². The number of thioether (sulfide) groups is 1. The molecule has 1 aromatic carbocycles. The maximum Gasteiger partial charge on any atom is 0.238 e. The SMILES string of the molecule is CC(CO)NC(=O)CC1Sc2ccc(Cl)cc2NC1=O. The zero-order valence-electron chi connectivity index (χ0n) is 10.9. The number of aliphatic hydroxyl groups is 1.